The number of carbonyl (C=O) groups is 2. The Balaban J connectivity index is 0.000000119. The lowest BCUT2D eigenvalue weighted by Crippen LogP contribution is -1.99. The number of halogens is 3. The molecule has 16 heteroatoms. The van der Waals surface area contributed by atoms with Gasteiger partial charge in [0.15, 0.2) is 5.78 Å². The highest BCUT2D eigenvalue weighted by atomic mass is 79.9. The number of carboxylic acid groups (broad SMARTS) is 1. The van der Waals surface area contributed by atoms with Crippen molar-refractivity contribution >= 4 is 123 Å². The summed E-state index contributed by atoms with van der Waals surface area (Å²) in [7, 11) is 0. The Kier molecular flexibility index (Phi) is 13.3. The smallest absolute Gasteiger partial charge is 0.371 e. The van der Waals surface area contributed by atoms with E-state index in [0.717, 1.165) is 77.8 Å². The number of hydrogen-bond donors (Lipinski definition) is 4. The van der Waals surface area contributed by atoms with Crippen molar-refractivity contribution in [2.45, 2.75) is 26.9 Å². The first kappa shape index (κ1) is 43.6. The van der Waals surface area contributed by atoms with Gasteiger partial charge in [0, 0.05) is 67.5 Å². The monoisotopic (exact) mass is 995 g/mol. The van der Waals surface area contributed by atoms with Crippen LogP contribution in [0.2, 0.25) is 5.28 Å². The normalized spacial score (nSPS) is 11.8. The fraction of sp³-hybridized carbons (Fsp3) is 0.0833. The molecule has 0 atom stereocenters. The van der Waals surface area contributed by atoms with Gasteiger partial charge in [0.05, 0.1) is 24.3 Å². The van der Waals surface area contributed by atoms with Crippen molar-refractivity contribution < 1.29 is 19.1 Å². The molecule has 64 heavy (non-hydrogen) atoms. The van der Waals surface area contributed by atoms with Crippen molar-refractivity contribution in [1.29, 1.82) is 0 Å². The lowest BCUT2D eigenvalue weighted by Gasteiger charge is -2.10. The van der Waals surface area contributed by atoms with Gasteiger partial charge in [-0.05, 0) is 126 Å². The Hall–Kier alpha value is -7.07. The summed E-state index contributed by atoms with van der Waals surface area (Å²) in [6.45, 7) is 5.02. The van der Waals surface area contributed by atoms with Crippen molar-refractivity contribution in [3.63, 3.8) is 0 Å². The number of fused-ring (bicyclic) bond motifs is 5. The zero-order valence-corrected chi connectivity index (χ0v) is 38.0. The molecule has 0 unspecified atom stereocenters. The highest BCUT2D eigenvalue weighted by Crippen LogP contribution is 2.27. The number of carbonyl (C=O) groups excluding carboxylic acids is 1. The summed E-state index contributed by atoms with van der Waals surface area (Å²) in [5, 5.41) is 18.3. The van der Waals surface area contributed by atoms with E-state index in [9.17, 15) is 9.59 Å². The molecule has 318 valence electrons. The number of aliphatic imine (C=N–C) groups is 2. The number of aromatic carboxylic acids is 1. The van der Waals surface area contributed by atoms with E-state index in [0.29, 0.717) is 17.1 Å². The third-order valence-corrected chi connectivity index (χ3v) is 11.0. The molecule has 0 aliphatic carbocycles. The standard InChI is InChI=1S/C17H14N4.C12H9ClN4.C10H8BrNO.C9H5BrO3/c1-11-19-16-5-3-2-4-15(16)17(20-11)21-14-7-6-12-9-18-10-13(12)8-14;13-12-15-4-3-11(17-12)16-10-2-1-8-6-14-7-9(8)5-10;1-6(13)9-4-7-2-3-8(11)5-10(7)12-9;10-6-2-1-5-3-8(9(11)12)13-7(5)4-6/h2-8,10H,9H2,1H3,(H,19,20,21);1-5,7H,6H2,(H,15,16,17);2-5,12H,1H3;1-4H,(H,11,12). The van der Waals surface area contributed by atoms with Crippen LogP contribution in [0.25, 0.3) is 32.8 Å². The molecule has 0 saturated heterocycles. The maximum atomic E-state index is 11.1. The quantitative estimate of drug-likeness (QED) is 0.0923. The molecule has 0 radical (unpaired) electrons. The molecule has 0 bridgehead atoms. The van der Waals surface area contributed by atoms with Gasteiger partial charge < -0.3 is 25.1 Å². The number of aromatic amines is 1. The summed E-state index contributed by atoms with van der Waals surface area (Å²) in [4.78, 5) is 50.1. The van der Waals surface area contributed by atoms with Gasteiger partial charge in [-0.3, -0.25) is 14.8 Å². The molecule has 13 nitrogen and oxygen atoms in total. The van der Waals surface area contributed by atoms with Crippen molar-refractivity contribution in [2.75, 3.05) is 10.6 Å². The maximum absolute atomic E-state index is 11.1. The largest absolute Gasteiger partial charge is 0.475 e. The molecule has 4 aromatic heterocycles. The Morgan fingerprint density at radius 3 is 2.11 bits per heavy atom. The van der Waals surface area contributed by atoms with Gasteiger partial charge in [-0.25, -0.2) is 24.7 Å². The van der Waals surface area contributed by atoms with E-state index < -0.39 is 5.97 Å². The SMILES string of the molecule is CC(=O)c1cc2ccc(Br)cc2[nH]1.Cc1nc(Nc2ccc3c(c2)C=NC3)c2ccccc2n1.Clc1nccc(Nc2ccc3c(c2)C=NC3)n1.O=C(O)c1cc2ccc(Br)cc2o1. The molecule has 0 fully saturated rings. The molecule has 2 aliphatic rings. The zero-order valence-electron chi connectivity index (χ0n) is 34.1. The number of rotatable bonds is 6. The Morgan fingerprint density at radius 1 is 0.750 bits per heavy atom. The summed E-state index contributed by atoms with van der Waals surface area (Å²) in [6, 6.07) is 36.8. The van der Waals surface area contributed by atoms with Crippen molar-refractivity contribution in [3.05, 3.63) is 175 Å². The summed E-state index contributed by atoms with van der Waals surface area (Å²) < 4.78 is 6.96. The molecule has 6 heterocycles. The number of hydrogen-bond acceptors (Lipinski definition) is 11. The second-order valence-electron chi connectivity index (χ2n) is 14.4. The van der Waals surface area contributed by atoms with Crippen LogP contribution in [0.15, 0.2) is 145 Å². The van der Waals surface area contributed by atoms with Crippen molar-refractivity contribution in [3.8, 4) is 0 Å². The number of anilines is 4. The van der Waals surface area contributed by atoms with Crippen molar-refractivity contribution in [2.24, 2.45) is 9.98 Å². The Labute approximate surface area is 388 Å². The predicted octanol–water partition coefficient (Wildman–Crippen LogP) is 12.4. The van der Waals surface area contributed by atoms with E-state index in [1.807, 2.05) is 86.1 Å². The third-order valence-electron chi connectivity index (χ3n) is 9.81. The van der Waals surface area contributed by atoms with E-state index in [-0.39, 0.29) is 16.8 Å². The van der Waals surface area contributed by atoms with Gasteiger partial charge in [0.1, 0.15) is 23.0 Å². The maximum Gasteiger partial charge on any atom is 0.371 e. The van der Waals surface area contributed by atoms with Crippen LogP contribution in [0.1, 0.15) is 56.0 Å². The number of nitrogens with zero attached hydrogens (tertiary/aromatic N) is 6. The molecule has 0 amide bonds. The summed E-state index contributed by atoms with van der Waals surface area (Å²) in [6.07, 6.45) is 5.42. The number of aryl methyl sites for hydroxylation is 1. The molecular weight excluding hydrogens is 962 g/mol. The van der Waals surface area contributed by atoms with Gasteiger partial charge in [0.25, 0.3) is 0 Å². The molecule has 5 aromatic carbocycles. The Bertz CT molecular complexity index is 3190. The average Bonchev–Trinajstić information content (AvgIpc) is 4.10. The summed E-state index contributed by atoms with van der Waals surface area (Å²) in [5.41, 5.74) is 10.00. The molecule has 2 aliphatic heterocycles. The molecule has 0 saturated carbocycles. The van der Waals surface area contributed by atoms with Gasteiger partial charge in [0.2, 0.25) is 11.0 Å². The van der Waals surface area contributed by atoms with Crippen LogP contribution in [0.3, 0.4) is 0 Å². The Morgan fingerprint density at radius 2 is 1.42 bits per heavy atom. The first-order valence-electron chi connectivity index (χ1n) is 19.7. The minimum atomic E-state index is -1.05. The number of furan rings is 1. The predicted molar refractivity (Wildman–Crippen MR) is 260 cm³/mol. The number of H-pyrrole nitrogens is 1. The van der Waals surface area contributed by atoms with Crippen LogP contribution in [0.4, 0.5) is 23.0 Å². The third kappa shape index (κ3) is 10.7. The van der Waals surface area contributed by atoms with Crippen LogP contribution < -0.4 is 10.6 Å². The number of para-hydroxylation sites is 1. The number of aromatic nitrogens is 5. The minimum absolute atomic E-state index is 0.0342. The van der Waals surface area contributed by atoms with E-state index in [2.05, 4.69) is 102 Å². The number of benzene rings is 5. The highest BCUT2D eigenvalue weighted by molar-refractivity contribution is 9.10. The van der Waals surface area contributed by atoms with Gasteiger partial charge in [-0.1, -0.05) is 62.2 Å². The minimum Gasteiger partial charge on any atom is -0.475 e. The summed E-state index contributed by atoms with van der Waals surface area (Å²) >= 11 is 12.4. The van der Waals surface area contributed by atoms with Crippen LogP contribution >= 0.6 is 43.5 Å². The molecule has 9 aromatic rings. The fourth-order valence-electron chi connectivity index (χ4n) is 6.73. The van der Waals surface area contributed by atoms with E-state index >= 15 is 0 Å². The van der Waals surface area contributed by atoms with Crippen LogP contribution in [0.5, 0.6) is 0 Å². The van der Waals surface area contributed by atoms with Crippen LogP contribution in [0, 0.1) is 6.92 Å². The van der Waals surface area contributed by atoms with E-state index in [1.54, 1.807) is 31.3 Å². The van der Waals surface area contributed by atoms with Gasteiger partial charge in [-0.2, -0.15) is 0 Å². The molecular formula is C48H36Br2ClN9O4. The molecule has 11 rings (SSSR count). The van der Waals surface area contributed by atoms with E-state index in [1.165, 1.54) is 22.8 Å². The lowest BCUT2D eigenvalue weighted by atomic mass is 10.1. The lowest BCUT2D eigenvalue weighted by molar-refractivity contribution is 0.0664. The number of ketones is 1. The van der Waals surface area contributed by atoms with Gasteiger partial charge in [-0.15, -0.1) is 0 Å². The number of Topliss-reactive ketones (excluding diaryl/α,β-unsaturated/α-hetero) is 1. The van der Waals surface area contributed by atoms with Crippen LogP contribution in [-0.4, -0.2) is 54.2 Å². The molecule has 0 spiro atoms. The second-order valence-corrected chi connectivity index (χ2v) is 16.6. The first-order valence-corrected chi connectivity index (χ1v) is 21.6. The fourth-order valence-corrected chi connectivity index (χ4v) is 7.58. The van der Waals surface area contributed by atoms with E-state index in [4.69, 9.17) is 21.1 Å². The first-order chi connectivity index (χ1) is 30.9. The number of nitrogens with one attached hydrogen (secondary N) is 3. The zero-order chi connectivity index (χ0) is 44.7. The summed E-state index contributed by atoms with van der Waals surface area (Å²) in [5.74, 6) is 1.26. The second kappa shape index (κ2) is 19.5. The molecule has 4 N–H and O–H groups in total. The highest BCUT2D eigenvalue weighted by Gasteiger charge is 2.12. The topological polar surface area (TPSA) is 184 Å². The van der Waals surface area contributed by atoms with Crippen molar-refractivity contribution in [1.82, 2.24) is 24.9 Å². The average molecular weight is 998 g/mol. The van der Waals surface area contributed by atoms with Crippen LogP contribution in [-0.2, 0) is 13.1 Å². The van der Waals surface area contributed by atoms with Gasteiger partial charge >= 0.3 is 5.97 Å². The number of carboxylic acids is 1.